The van der Waals surface area contributed by atoms with Gasteiger partial charge in [0.15, 0.2) is 0 Å². The highest BCUT2D eigenvalue weighted by molar-refractivity contribution is 5.92. The van der Waals surface area contributed by atoms with Gasteiger partial charge in [0.05, 0.1) is 18.4 Å². The van der Waals surface area contributed by atoms with Crippen molar-refractivity contribution < 1.29 is 9.53 Å². The van der Waals surface area contributed by atoms with Crippen LogP contribution in [0.5, 0.6) is 5.88 Å². The molecule has 21 heavy (non-hydrogen) atoms. The zero-order chi connectivity index (χ0) is 15.4. The Balaban J connectivity index is 2.02. The van der Waals surface area contributed by atoms with E-state index in [9.17, 15) is 4.79 Å². The molecule has 1 amide bonds. The molecule has 0 unspecified atom stereocenters. The van der Waals surface area contributed by atoms with Crippen molar-refractivity contribution in [2.45, 2.75) is 20.0 Å². The van der Waals surface area contributed by atoms with E-state index in [4.69, 9.17) is 10.5 Å². The maximum Gasteiger partial charge on any atom is 0.248 e. The second kappa shape index (κ2) is 6.41. The fourth-order valence-electron chi connectivity index (χ4n) is 2.31. The minimum Gasteiger partial charge on any atom is -0.481 e. The van der Waals surface area contributed by atoms with E-state index in [1.165, 1.54) is 0 Å². The van der Waals surface area contributed by atoms with Gasteiger partial charge in [-0.05, 0) is 24.6 Å². The van der Waals surface area contributed by atoms with Crippen molar-refractivity contribution in [2.75, 3.05) is 7.11 Å². The van der Waals surface area contributed by atoms with Gasteiger partial charge in [-0.3, -0.25) is 4.79 Å². The smallest absolute Gasteiger partial charge is 0.248 e. The summed E-state index contributed by atoms with van der Waals surface area (Å²) in [5.74, 6) is 0.340. The highest BCUT2D eigenvalue weighted by Crippen LogP contribution is 2.20. The molecule has 2 aromatic rings. The molecule has 112 valence electrons. The van der Waals surface area contributed by atoms with Crippen molar-refractivity contribution in [3.8, 4) is 5.88 Å². The average molecular weight is 288 g/mol. The van der Waals surface area contributed by atoms with Crippen LogP contribution in [0.3, 0.4) is 0 Å². The summed E-state index contributed by atoms with van der Waals surface area (Å²) >= 11 is 0. The van der Waals surface area contributed by atoms with Gasteiger partial charge in [0.1, 0.15) is 0 Å². The third-order valence-corrected chi connectivity index (χ3v) is 3.32. The summed E-state index contributed by atoms with van der Waals surface area (Å²) in [5.41, 5.74) is 8.77. The minimum absolute atomic E-state index is 0.415. The molecule has 0 aliphatic rings. The van der Waals surface area contributed by atoms with E-state index < -0.39 is 5.91 Å². The first-order valence-corrected chi connectivity index (χ1v) is 6.69. The van der Waals surface area contributed by atoms with Gasteiger partial charge in [0, 0.05) is 25.7 Å². The number of aromatic nitrogens is 2. The van der Waals surface area contributed by atoms with Crippen LogP contribution in [0.25, 0.3) is 0 Å². The van der Waals surface area contributed by atoms with Gasteiger partial charge < -0.3 is 15.8 Å². The van der Waals surface area contributed by atoms with Crippen molar-refractivity contribution in [3.05, 3.63) is 46.6 Å². The van der Waals surface area contributed by atoms with Crippen LogP contribution in [0.2, 0.25) is 0 Å². The molecule has 2 rings (SSSR count). The van der Waals surface area contributed by atoms with Crippen LogP contribution >= 0.6 is 0 Å². The van der Waals surface area contributed by atoms with E-state index in [-0.39, 0.29) is 0 Å². The van der Waals surface area contributed by atoms with E-state index in [1.54, 1.807) is 23.9 Å². The van der Waals surface area contributed by atoms with Gasteiger partial charge in [-0.1, -0.05) is 12.1 Å². The number of hydrogen-bond acceptors (Lipinski definition) is 4. The lowest BCUT2D eigenvalue weighted by molar-refractivity contribution is 0.1000. The molecule has 0 radical (unpaired) electrons. The van der Waals surface area contributed by atoms with E-state index in [1.807, 2.05) is 26.1 Å². The Hall–Kier alpha value is -2.34. The molecule has 1 aromatic carbocycles. The van der Waals surface area contributed by atoms with Crippen molar-refractivity contribution >= 4 is 5.91 Å². The molecule has 1 aromatic heterocycles. The zero-order valence-corrected chi connectivity index (χ0v) is 12.5. The predicted molar refractivity (Wildman–Crippen MR) is 80.0 cm³/mol. The molecule has 1 heterocycles. The van der Waals surface area contributed by atoms with Gasteiger partial charge in [-0.25, -0.2) is 4.68 Å². The van der Waals surface area contributed by atoms with E-state index in [0.29, 0.717) is 18.7 Å². The Morgan fingerprint density at radius 1 is 1.43 bits per heavy atom. The number of ether oxygens (including phenoxy) is 1. The number of nitrogens with two attached hydrogens (primary N) is 1. The molecule has 0 atom stereocenters. The summed E-state index contributed by atoms with van der Waals surface area (Å²) < 4.78 is 7.07. The topological polar surface area (TPSA) is 82.2 Å². The molecule has 0 saturated heterocycles. The van der Waals surface area contributed by atoms with Crippen molar-refractivity contribution in [1.29, 1.82) is 0 Å². The van der Waals surface area contributed by atoms with Crippen molar-refractivity contribution in [1.82, 2.24) is 15.1 Å². The molecule has 0 fully saturated rings. The highest BCUT2D eigenvalue weighted by Gasteiger charge is 2.13. The fraction of sp³-hybridized carbons (Fsp3) is 0.333. The van der Waals surface area contributed by atoms with E-state index >= 15 is 0 Å². The lowest BCUT2D eigenvalue weighted by Crippen LogP contribution is -2.15. The maximum absolute atomic E-state index is 11.2. The van der Waals surface area contributed by atoms with E-state index in [2.05, 4.69) is 10.4 Å². The number of aryl methyl sites for hydroxylation is 2. The zero-order valence-electron chi connectivity index (χ0n) is 12.5. The Morgan fingerprint density at radius 2 is 2.19 bits per heavy atom. The lowest BCUT2D eigenvalue weighted by atomic mass is 10.1. The number of benzene rings is 1. The number of primary amides is 1. The van der Waals surface area contributed by atoms with Crippen molar-refractivity contribution in [2.24, 2.45) is 12.8 Å². The minimum atomic E-state index is -0.415. The number of hydrogen-bond donors (Lipinski definition) is 2. The molecule has 0 spiro atoms. The predicted octanol–water partition coefficient (Wildman–Crippen LogP) is 1.13. The second-order valence-electron chi connectivity index (χ2n) is 4.87. The Labute approximate surface area is 123 Å². The third kappa shape index (κ3) is 3.41. The second-order valence-corrected chi connectivity index (χ2v) is 4.87. The fourth-order valence-corrected chi connectivity index (χ4v) is 2.31. The van der Waals surface area contributed by atoms with Crippen LogP contribution in [-0.4, -0.2) is 22.8 Å². The number of nitrogens with zero attached hydrogens (tertiary/aromatic N) is 2. The Bertz CT molecular complexity index is 649. The Morgan fingerprint density at radius 3 is 2.86 bits per heavy atom. The summed E-state index contributed by atoms with van der Waals surface area (Å²) in [4.78, 5) is 11.2. The van der Waals surface area contributed by atoms with Gasteiger partial charge in [0.25, 0.3) is 0 Å². The number of nitrogens with one attached hydrogen (secondary N) is 1. The van der Waals surface area contributed by atoms with Gasteiger partial charge in [-0.2, -0.15) is 5.10 Å². The molecular weight excluding hydrogens is 268 g/mol. The number of amides is 1. The largest absolute Gasteiger partial charge is 0.481 e. The summed E-state index contributed by atoms with van der Waals surface area (Å²) in [6, 6.07) is 7.28. The summed E-state index contributed by atoms with van der Waals surface area (Å²) in [7, 11) is 3.49. The van der Waals surface area contributed by atoms with Crippen LogP contribution in [0.4, 0.5) is 0 Å². The van der Waals surface area contributed by atoms with Gasteiger partial charge in [0.2, 0.25) is 11.8 Å². The van der Waals surface area contributed by atoms with Gasteiger partial charge >= 0.3 is 0 Å². The standard InChI is InChI=1S/C15H20N4O2/c1-10-13(15(21-3)19(2)18-10)9-17-8-11-5-4-6-12(7-11)14(16)20/h4-7,17H,8-9H2,1-3H3,(H2,16,20). The third-order valence-electron chi connectivity index (χ3n) is 3.32. The molecule has 0 bridgehead atoms. The van der Waals surface area contributed by atoms with Crippen LogP contribution in [0.15, 0.2) is 24.3 Å². The van der Waals surface area contributed by atoms with Crippen LogP contribution in [0, 0.1) is 6.92 Å². The molecule has 0 saturated carbocycles. The Kier molecular flexibility index (Phi) is 4.59. The van der Waals surface area contributed by atoms with Crippen molar-refractivity contribution in [3.63, 3.8) is 0 Å². The monoisotopic (exact) mass is 288 g/mol. The lowest BCUT2D eigenvalue weighted by Gasteiger charge is -2.08. The number of carbonyl (C=O) groups excluding carboxylic acids is 1. The normalized spacial score (nSPS) is 10.6. The molecule has 6 heteroatoms. The SMILES string of the molecule is COc1c(CNCc2cccc(C(N)=O)c2)c(C)nn1C. The first kappa shape index (κ1) is 15.1. The summed E-state index contributed by atoms with van der Waals surface area (Å²) in [6.45, 7) is 3.23. The van der Waals surface area contributed by atoms with Gasteiger partial charge in [-0.15, -0.1) is 0 Å². The summed E-state index contributed by atoms with van der Waals surface area (Å²) in [6.07, 6.45) is 0. The van der Waals surface area contributed by atoms with E-state index in [0.717, 1.165) is 22.7 Å². The van der Waals surface area contributed by atoms with Crippen LogP contribution < -0.4 is 15.8 Å². The first-order chi connectivity index (χ1) is 10.0. The number of methoxy groups -OCH3 is 1. The molecule has 6 nitrogen and oxygen atoms in total. The maximum atomic E-state index is 11.2. The number of carbonyl (C=O) groups is 1. The molecule has 0 aliphatic heterocycles. The summed E-state index contributed by atoms with van der Waals surface area (Å²) in [5, 5.41) is 7.66. The molecular formula is C15H20N4O2. The quantitative estimate of drug-likeness (QED) is 0.834. The molecule has 0 aliphatic carbocycles. The highest BCUT2D eigenvalue weighted by atomic mass is 16.5. The average Bonchev–Trinajstić information content (AvgIpc) is 2.73. The van der Waals surface area contributed by atoms with Crippen LogP contribution in [-0.2, 0) is 20.1 Å². The first-order valence-electron chi connectivity index (χ1n) is 6.69. The molecule has 3 N–H and O–H groups in total. The van der Waals surface area contributed by atoms with Crippen LogP contribution in [0.1, 0.15) is 27.2 Å². The number of rotatable bonds is 6.